The van der Waals surface area contributed by atoms with E-state index in [1.54, 1.807) is 6.07 Å². The molecule has 5 rings (SSSR count). The molecule has 0 bridgehead atoms. The van der Waals surface area contributed by atoms with Crippen molar-refractivity contribution in [3.05, 3.63) is 89.2 Å². The molecule has 36 heavy (non-hydrogen) atoms. The molecule has 1 aliphatic rings. The SMILES string of the molecule is BrCc1ccccc1.C[C@@H]1CN(c2c(C=O)cc3c(OCc4ccccc4)noc3c2F)C[C@H](C)O1. The van der Waals surface area contributed by atoms with Crippen LogP contribution in [0.4, 0.5) is 10.1 Å². The summed E-state index contributed by atoms with van der Waals surface area (Å²) < 4.78 is 31.9. The molecule has 0 N–H and O–H groups in total. The fraction of sp³-hybridized carbons (Fsp3) is 0.286. The third-order valence-corrected chi connectivity index (χ3v) is 6.40. The second kappa shape index (κ2) is 12.1. The van der Waals surface area contributed by atoms with Crippen LogP contribution < -0.4 is 9.64 Å². The molecular formula is C28H28BrFN2O4. The Hall–Kier alpha value is -3.23. The van der Waals surface area contributed by atoms with Crippen molar-refractivity contribution >= 4 is 38.9 Å². The van der Waals surface area contributed by atoms with Gasteiger partial charge < -0.3 is 18.9 Å². The van der Waals surface area contributed by atoms with Gasteiger partial charge in [0.2, 0.25) is 5.58 Å². The van der Waals surface area contributed by atoms with E-state index >= 15 is 4.39 Å². The van der Waals surface area contributed by atoms with E-state index in [-0.39, 0.29) is 41.5 Å². The maximum atomic E-state index is 15.3. The van der Waals surface area contributed by atoms with Gasteiger partial charge in [-0.3, -0.25) is 4.79 Å². The minimum Gasteiger partial charge on any atom is -0.470 e. The van der Waals surface area contributed by atoms with Crippen LogP contribution in [-0.4, -0.2) is 36.7 Å². The Kier molecular flexibility index (Phi) is 8.72. The van der Waals surface area contributed by atoms with Gasteiger partial charge in [0.1, 0.15) is 6.61 Å². The molecule has 0 amide bonds. The van der Waals surface area contributed by atoms with Gasteiger partial charge in [-0.25, -0.2) is 4.39 Å². The number of anilines is 1. The van der Waals surface area contributed by atoms with Crippen LogP contribution in [0.25, 0.3) is 11.0 Å². The fourth-order valence-corrected chi connectivity index (χ4v) is 4.57. The zero-order valence-corrected chi connectivity index (χ0v) is 21.8. The molecule has 8 heteroatoms. The first-order chi connectivity index (χ1) is 17.5. The smallest absolute Gasteiger partial charge is 0.262 e. The Bertz CT molecular complexity index is 1270. The minimum atomic E-state index is -0.608. The molecule has 0 saturated carbocycles. The number of aromatic nitrogens is 1. The van der Waals surface area contributed by atoms with Gasteiger partial charge in [-0.15, -0.1) is 0 Å². The maximum absolute atomic E-state index is 15.3. The first-order valence-electron chi connectivity index (χ1n) is 11.7. The lowest BCUT2D eigenvalue weighted by molar-refractivity contribution is -0.00543. The highest BCUT2D eigenvalue weighted by molar-refractivity contribution is 9.08. The molecule has 0 unspecified atom stereocenters. The third-order valence-electron chi connectivity index (χ3n) is 5.75. The number of nitrogens with zero attached hydrogens (tertiary/aromatic N) is 2. The summed E-state index contributed by atoms with van der Waals surface area (Å²) in [5, 5.41) is 5.16. The molecule has 0 radical (unpaired) electrons. The van der Waals surface area contributed by atoms with Gasteiger partial charge in [0.05, 0.1) is 23.3 Å². The average molecular weight is 555 g/mol. The first-order valence-corrected chi connectivity index (χ1v) is 12.9. The Balaban J connectivity index is 0.000000325. The molecule has 6 nitrogen and oxygen atoms in total. The minimum absolute atomic E-state index is 0.0181. The summed E-state index contributed by atoms with van der Waals surface area (Å²) in [5.74, 6) is -0.445. The summed E-state index contributed by atoms with van der Waals surface area (Å²) in [5.41, 5.74) is 2.71. The molecule has 3 aromatic carbocycles. The zero-order valence-electron chi connectivity index (χ0n) is 20.2. The monoisotopic (exact) mass is 554 g/mol. The average Bonchev–Trinajstić information content (AvgIpc) is 3.31. The van der Waals surface area contributed by atoms with Crippen LogP contribution in [0.3, 0.4) is 0 Å². The largest absolute Gasteiger partial charge is 0.470 e. The molecule has 2 heterocycles. The number of carbonyl (C=O) groups excluding carboxylic acids is 1. The summed E-state index contributed by atoms with van der Waals surface area (Å²) >= 11 is 3.36. The van der Waals surface area contributed by atoms with Crippen LogP contribution >= 0.6 is 15.9 Å². The summed E-state index contributed by atoms with van der Waals surface area (Å²) in [6.45, 7) is 5.08. The number of alkyl halides is 1. The molecule has 1 saturated heterocycles. The van der Waals surface area contributed by atoms with Crippen molar-refractivity contribution in [2.24, 2.45) is 0 Å². The number of ether oxygens (including phenoxy) is 2. The highest BCUT2D eigenvalue weighted by Gasteiger charge is 2.29. The number of halogens is 2. The van der Waals surface area contributed by atoms with Crippen LogP contribution in [0.1, 0.15) is 35.3 Å². The number of fused-ring (bicyclic) bond motifs is 1. The fourth-order valence-electron chi connectivity index (χ4n) is 4.20. The van der Waals surface area contributed by atoms with Crippen LogP contribution in [0.5, 0.6) is 5.88 Å². The standard InChI is InChI=1S/C21H21FN2O4.C7H7Br/c1-13-9-24(10-14(2)27-13)19-16(11-25)8-17-20(18(19)22)28-23-21(17)26-12-15-6-4-3-5-7-15;8-6-7-4-2-1-3-5-7/h3-8,11,13-14H,9-10,12H2,1-2H3;1-5H,6H2/t13-,14+;. The highest BCUT2D eigenvalue weighted by Crippen LogP contribution is 2.36. The van der Waals surface area contributed by atoms with Gasteiger partial charge in [-0.2, -0.15) is 0 Å². The zero-order chi connectivity index (χ0) is 25.5. The van der Waals surface area contributed by atoms with E-state index in [1.807, 2.05) is 67.3 Å². The predicted octanol–water partition coefficient (Wildman–Crippen LogP) is 6.55. The third kappa shape index (κ3) is 6.12. The van der Waals surface area contributed by atoms with Crippen LogP contribution in [0.15, 0.2) is 71.3 Å². The lowest BCUT2D eigenvalue weighted by Gasteiger charge is -2.37. The number of aldehydes is 1. The van der Waals surface area contributed by atoms with Gasteiger partial charge >= 0.3 is 0 Å². The van der Waals surface area contributed by atoms with Crippen molar-refractivity contribution in [3.63, 3.8) is 0 Å². The van der Waals surface area contributed by atoms with E-state index in [4.69, 9.17) is 14.0 Å². The number of carbonyl (C=O) groups is 1. The lowest BCUT2D eigenvalue weighted by atomic mass is 10.1. The number of hydrogen-bond donors (Lipinski definition) is 0. The summed E-state index contributed by atoms with van der Waals surface area (Å²) in [6.07, 6.45) is 0.507. The number of morpholine rings is 1. The number of hydrogen-bond acceptors (Lipinski definition) is 6. The van der Waals surface area contributed by atoms with Crippen LogP contribution in [-0.2, 0) is 16.7 Å². The van der Waals surface area contributed by atoms with Gasteiger partial charge in [0.15, 0.2) is 12.1 Å². The Labute approximate surface area is 218 Å². The predicted molar refractivity (Wildman–Crippen MR) is 141 cm³/mol. The topological polar surface area (TPSA) is 64.8 Å². The van der Waals surface area contributed by atoms with E-state index in [2.05, 4.69) is 33.2 Å². The molecule has 1 aliphatic heterocycles. The molecular weight excluding hydrogens is 527 g/mol. The lowest BCUT2D eigenvalue weighted by Crippen LogP contribution is -2.46. The van der Waals surface area contributed by atoms with Gasteiger partial charge in [0, 0.05) is 24.0 Å². The second-order valence-electron chi connectivity index (χ2n) is 8.67. The Morgan fingerprint density at radius 1 is 1.06 bits per heavy atom. The van der Waals surface area contributed by atoms with Gasteiger partial charge in [0.25, 0.3) is 5.88 Å². The van der Waals surface area contributed by atoms with Crippen molar-refractivity contribution < 1.29 is 23.2 Å². The normalized spacial score (nSPS) is 17.4. The molecule has 4 aromatic rings. The Morgan fingerprint density at radius 3 is 2.22 bits per heavy atom. The maximum Gasteiger partial charge on any atom is 0.262 e. The van der Waals surface area contributed by atoms with E-state index in [9.17, 15) is 4.79 Å². The molecule has 0 spiro atoms. The van der Waals surface area contributed by atoms with E-state index in [0.29, 0.717) is 24.8 Å². The highest BCUT2D eigenvalue weighted by atomic mass is 79.9. The Morgan fingerprint density at radius 2 is 1.67 bits per heavy atom. The summed E-state index contributed by atoms with van der Waals surface area (Å²) in [6, 6.07) is 21.4. The van der Waals surface area contributed by atoms with Gasteiger partial charge in [-0.05, 0) is 36.2 Å². The molecule has 1 fully saturated rings. The second-order valence-corrected chi connectivity index (χ2v) is 9.23. The van der Waals surface area contributed by atoms with Crippen LogP contribution in [0.2, 0.25) is 0 Å². The molecule has 188 valence electrons. The summed E-state index contributed by atoms with van der Waals surface area (Å²) in [4.78, 5) is 13.5. The molecule has 2 atom stereocenters. The summed E-state index contributed by atoms with van der Waals surface area (Å²) in [7, 11) is 0. The van der Waals surface area contributed by atoms with Crippen molar-refractivity contribution in [3.8, 4) is 5.88 Å². The van der Waals surface area contributed by atoms with E-state index in [0.717, 1.165) is 10.9 Å². The number of benzene rings is 3. The molecule has 0 aliphatic carbocycles. The van der Waals surface area contributed by atoms with Crippen molar-refractivity contribution in [2.45, 2.75) is 38.0 Å². The quantitative estimate of drug-likeness (QED) is 0.199. The van der Waals surface area contributed by atoms with E-state index in [1.165, 1.54) is 5.56 Å². The van der Waals surface area contributed by atoms with Crippen LogP contribution in [0, 0.1) is 5.82 Å². The van der Waals surface area contributed by atoms with Crippen molar-refractivity contribution in [1.29, 1.82) is 0 Å². The van der Waals surface area contributed by atoms with Crippen molar-refractivity contribution in [2.75, 3.05) is 18.0 Å². The van der Waals surface area contributed by atoms with E-state index < -0.39 is 5.82 Å². The number of rotatable bonds is 6. The van der Waals surface area contributed by atoms with Crippen molar-refractivity contribution in [1.82, 2.24) is 5.16 Å². The molecule has 1 aromatic heterocycles. The first kappa shape index (κ1) is 25.9. The van der Waals surface area contributed by atoms with Gasteiger partial charge in [-0.1, -0.05) is 76.6 Å².